The zero-order valence-corrected chi connectivity index (χ0v) is 18.3. The summed E-state index contributed by atoms with van der Waals surface area (Å²) in [5.41, 5.74) is 1.51. The highest BCUT2D eigenvalue weighted by atomic mass is 16.5. The summed E-state index contributed by atoms with van der Waals surface area (Å²) in [6.45, 7) is 5.48. The maximum atomic E-state index is 12.9. The second-order valence-corrected chi connectivity index (χ2v) is 7.78. The van der Waals surface area contributed by atoms with Crippen LogP contribution in [0.25, 0.3) is 0 Å². The third-order valence-corrected chi connectivity index (χ3v) is 5.48. The fraction of sp³-hybridized carbons (Fsp3) is 0.333. The molecule has 1 aliphatic heterocycles. The highest BCUT2D eigenvalue weighted by molar-refractivity contribution is 5.92. The van der Waals surface area contributed by atoms with Crippen LogP contribution in [0, 0.1) is 0 Å². The summed E-state index contributed by atoms with van der Waals surface area (Å²) in [5.74, 6) is 0.734. The Balaban J connectivity index is 1.44. The normalized spacial score (nSPS) is 13.5. The van der Waals surface area contributed by atoms with E-state index in [2.05, 4.69) is 27.6 Å². The molecular formula is C24H27N5O3. The van der Waals surface area contributed by atoms with Crippen LogP contribution in [0.5, 0.6) is 5.75 Å². The van der Waals surface area contributed by atoms with Gasteiger partial charge in [-0.25, -0.2) is 0 Å². The van der Waals surface area contributed by atoms with Crippen LogP contribution in [0.15, 0.2) is 59.4 Å². The van der Waals surface area contributed by atoms with Gasteiger partial charge in [0.1, 0.15) is 5.75 Å². The van der Waals surface area contributed by atoms with Crippen molar-refractivity contribution in [2.45, 2.75) is 39.3 Å². The zero-order chi connectivity index (χ0) is 22.5. The molecule has 4 rings (SSSR count). The molecule has 0 bridgehead atoms. The highest BCUT2D eigenvalue weighted by Gasteiger charge is 2.27. The van der Waals surface area contributed by atoms with Gasteiger partial charge >= 0.3 is 0 Å². The van der Waals surface area contributed by atoms with Crippen molar-refractivity contribution in [1.82, 2.24) is 20.1 Å². The Hall–Kier alpha value is -3.68. The summed E-state index contributed by atoms with van der Waals surface area (Å²) >= 11 is 0. The Kier molecular flexibility index (Phi) is 6.49. The van der Waals surface area contributed by atoms with Crippen molar-refractivity contribution >= 4 is 17.5 Å². The highest BCUT2D eigenvalue weighted by Crippen LogP contribution is 2.28. The van der Waals surface area contributed by atoms with Crippen LogP contribution in [-0.4, -0.2) is 39.9 Å². The van der Waals surface area contributed by atoms with Crippen molar-refractivity contribution in [3.63, 3.8) is 0 Å². The van der Waals surface area contributed by atoms with Crippen LogP contribution in [0.2, 0.25) is 0 Å². The van der Waals surface area contributed by atoms with Gasteiger partial charge < -0.3 is 15.0 Å². The molecular weight excluding hydrogens is 406 g/mol. The molecule has 8 nitrogen and oxygen atoms in total. The van der Waals surface area contributed by atoms with E-state index in [0.29, 0.717) is 25.6 Å². The second-order valence-electron chi connectivity index (χ2n) is 7.78. The van der Waals surface area contributed by atoms with Crippen LogP contribution in [0.3, 0.4) is 0 Å². The van der Waals surface area contributed by atoms with Crippen molar-refractivity contribution in [1.29, 1.82) is 0 Å². The smallest absolute Gasteiger partial charge is 0.286 e. The molecule has 8 heteroatoms. The van der Waals surface area contributed by atoms with E-state index in [1.165, 1.54) is 10.1 Å². The van der Waals surface area contributed by atoms with Crippen molar-refractivity contribution in [2.75, 3.05) is 18.1 Å². The van der Waals surface area contributed by atoms with Crippen molar-refractivity contribution in [3.05, 3.63) is 76.2 Å². The van der Waals surface area contributed by atoms with Gasteiger partial charge in [-0.2, -0.15) is 0 Å². The van der Waals surface area contributed by atoms with Crippen LogP contribution >= 0.6 is 0 Å². The lowest BCUT2D eigenvalue weighted by atomic mass is 10.1. The molecule has 2 aromatic carbocycles. The molecule has 1 aromatic heterocycles. The van der Waals surface area contributed by atoms with E-state index in [1.807, 2.05) is 61.2 Å². The molecule has 0 saturated carbocycles. The van der Waals surface area contributed by atoms with E-state index in [0.717, 1.165) is 24.3 Å². The summed E-state index contributed by atoms with van der Waals surface area (Å²) in [4.78, 5) is 27.5. The molecule has 0 aliphatic carbocycles. The summed E-state index contributed by atoms with van der Waals surface area (Å²) < 4.78 is 6.99. The van der Waals surface area contributed by atoms with Crippen LogP contribution in [-0.2, 0) is 13.0 Å². The maximum Gasteiger partial charge on any atom is 0.286 e. The van der Waals surface area contributed by atoms with Gasteiger partial charge in [-0.15, -0.1) is 10.2 Å². The summed E-state index contributed by atoms with van der Waals surface area (Å²) in [5, 5.41) is 11.1. The minimum Gasteiger partial charge on any atom is -0.494 e. The number of hydrogen-bond acceptors (Lipinski definition) is 6. The molecule has 0 spiro atoms. The number of amides is 1. The quantitative estimate of drug-likeness (QED) is 0.588. The monoisotopic (exact) mass is 433 g/mol. The third kappa shape index (κ3) is 4.64. The van der Waals surface area contributed by atoms with E-state index >= 15 is 0 Å². The average Bonchev–Trinajstić information content (AvgIpc) is 3.24. The van der Waals surface area contributed by atoms with Crippen molar-refractivity contribution < 1.29 is 9.53 Å². The number of anilines is 2. The average molecular weight is 434 g/mol. The lowest BCUT2D eigenvalue weighted by Gasteiger charge is -2.17. The minimum absolute atomic E-state index is 0.0949. The first kappa shape index (κ1) is 21.5. The van der Waals surface area contributed by atoms with E-state index in [9.17, 15) is 9.59 Å². The Morgan fingerprint density at radius 2 is 1.84 bits per heavy atom. The largest absolute Gasteiger partial charge is 0.494 e. The SMILES string of the molecule is CCOc1ccc(N2CCn3c2nnc(C(=O)N[C@@H](C)CCc2ccccc2)c3=O)cc1. The Labute approximate surface area is 186 Å². The predicted molar refractivity (Wildman–Crippen MR) is 123 cm³/mol. The number of aromatic nitrogens is 3. The number of nitrogens with one attached hydrogen (secondary N) is 1. The first-order valence-corrected chi connectivity index (χ1v) is 10.9. The van der Waals surface area contributed by atoms with E-state index in [-0.39, 0.29) is 11.7 Å². The van der Waals surface area contributed by atoms with Gasteiger partial charge in [-0.05, 0) is 56.5 Å². The summed E-state index contributed by atoms with van der Waals surface area (Å²) in [7, 11) is 0. The fourth-order valence-electron chi connectivity index (χ4n) is 3.78. The van der Waals surface area contributed by atoms with Gasteiger partial charge in [0, 0.05) is 24.8 Å². The van der Waals surface area contributed by atoms with Gasteiger partial charge in [0.15, 0.2) is 0 Å². The van der Waals surface area contributed by atoms with E-state index < -0.39 is 11.5 Å². The van der Waals surface area contributed by atoms with Crippen LogP contribution in [0.1, 0.15) is 36.3 Å². The van der Waals surface area contributed by atoms with E-state index in [4.69, 9.17) is 4.74 Å². The zero-order valence-electron chi connectivity index (χ0n) is 18.3. The van der Waals surface area contributed by atoms with E-state index in [1.54, 1.807) is 0 Å². The number of nitrogens with zero attached hydrogens (tertiary/aromatic N) is 4. The van der Waals surface area contributed by atoms with Gasteiger partial charge in [-0.3, -0.25) is 14.2 Å². The molecule has 3 aromatic rings. The molecule has 166 valence electrons. The summed E-state index contributed by atoms with van der Waals surface area (Å²) in [6, 6.07) is 17.6. The molecule has 32 heavy (non-hydrogen) atoms. The van der Waals surface area contributed by atoms with Crippen molar-refractivity contribution in [3.8, 4) is 5.75 Å². The first-order chi connectivity index (χ1) is 15.6. The molecule has 1 N–H and O–H groups in total. The van der Waals surface area contributed by atoms with Crippen LogP contribution in [0.4, 0.5) is 11.6 Å². The lowest BCUT2D eigenvalue weighted by molar-refractivity contribution is 0.0930. The minimum atomic E-state index is -0.488. The number of carbonyl (C=O) groups is 1. The number of hydrogen-bond donors (Lipinski definition) is 1. The number of ether oxygens (including phenoxy) is 1. The Morgan fingerprint density at radius 3 is 2.56 bits per heavy atom. The second kappa shape index (κ2) is 9.64. The molecule has 1 atom stereocenters. The number of aryl methyl sites for hydroxylation is 1. The third-order valence-electron chi connectivity index (χ3n) is 5.48. The first-order valence-electron chi connectivity index (χ1n) is 10.9. The Morgan fingerprint density at radius 1 is 1.09 bits per heavy atom. The Bertz CT molecular complexity index is 1130. The van der Waals surface area contributed by atoms with Gasteiger partial charge in [-0.1, -0.05) is 30.3 Å². The van der Waals surface area contributed by atoms with Crippen LogP contribution < -0.4 is 20.5 Å². The standard InChI is InChI=1S/C24H27N5O3/c1-3-32-20-13-11-19(12-14-20)28-15-16-29-23(31)21(26-27-24(28)29)22(30)25-17(2)9-10-18-7-5-4-6-8-18/h4-8,11-14,17H,3,9-10,15-16H2,1-2H3,(H,25,30)/t17-/m0/s1. The maximum absolute atomic E-state index is 12.9. The number of fused-ring (bicyclic) bond motifs is 1. The van der Waals surface area contributed by atoms with Gasteiger partial charge in [0.2, 0.25) is 11.6 Å². The number of carbonyl (C=O) groups excluding carboxylic acids is 1. The van der Waals surface area contributed by atoms with Crippen molar-refractivity contribution in [2.24, 2.45) is 0 Å². The topological polar surface area (TPSA) is 89.3 Å². The fourth-order valence-corrected chi connectivity index (χ4v) is 3.78. The molecule has 1 aliphatic rings. The molecule has 0 saturated heterocycles. The molecule has 2 heterocycles. The van der Waals surface area contributed by atoms with Gasteiger partial charge in [0.05, 0.1) is 6.61 Å². The molecule has 0 fully saturated rings. The number of benzene rings is 2. The number of rotatable bonds is 8. The summed E-state index contributed by atoms with van der Waals surface area (Å²) in [6.07, 6.45) is 1.61. The molecule has 1 amide bonds. The lowest BCUT2D eigenvalue weighted by Crippen LogP contribution is -2.39. The predicted octanol–water partition coefficient (Wildman–Crippen LogP) is 2.94. The van der Waals surface area contributed by atoms with Gasteiger partial charge in [0.25, 0.3) is 11.5 Å². The molecule has 0 unspecified atom stereocenters. The molecule has 0 radical (unpaired) electrons.